The molecule has 3 rings (SSSR count). The zero-order chi connectivity index (χ0) is 17.2. The molecule has 0 radical (unpaired) electrons. The Kier molecular flexibility index (Phi) is 4.52. The predicted molar refractivity (Wildman–Crippen MR) is 96.2 cm³/mol. The molecule has 0 aliphatic carbocycles. The van der Waals surface area contributed by atoms with Gasteiger partial charge in [-0.25, -0.2) is 0 Å². The van der Waals surface area contributed by atoms with Crippen molar-refractivity contribution in [3.63, 3.8) is 0 Å². The summed E-state index contributed by atoms with van der Waals surface area (Å²) < 4.78 is 0. The van der Waals surface area contributed by atoms with Gasteiger partial charge in [-0.05, 0) is 37.0 Å². The van der Waals surface area contributed by atoms with Gasteiger partial charge in [-0.15, -0.1) is 0 Å². The Hall–Kier alpha value is -2.42. The molecule has 0 saturated heterocycles. The Morgan fingerprint density at radius 1 is 1.12 bits per heavy atom. The number of ketones is 1. The van der Waals surface area contributed by atoms with Gasteiger partial charge in [0.15, 0.2) is 5.78 Å². The second-order valence-corrected chi connectivity index (χ2v) is 6.60. The highest BCUT2D eigenvalue weighted by atomic mass is 16.2. The molecule has 0 bridgehead atoms. The van der Waals surface area contributed by atoms with Crippen LogP contribution in [0.3, 0.4) is 0 Å². The van der Waals surface area contributed by atoms with Gasteiger partial charge < -0.3 is 5.32 Å². The highest BCUT2D eigenvalue weighted by Gasteiger charge is 2.51. The first-order valence-electron chi connectivity index (χ1n) is 8.57. The van der Waals surface area contributed by atoms with E-state index in [-0.39, 0.29) is 11.7 Å². The minimum Gasteiger partial charge on any atom is -0.325 e. The summed E-state index contributed by atoms with van der Waals surface area (Å²) >= 11 is 0. The second kappa shape index (κ2) is 6.60. The summed E-state index contributed by atoms with van der Waals surface area (Å²) in [6, 6.07) is 15.6. The van der Waals surface area contributed by atoms with Crippen molar-refractivity contribution in [3.8, 4) is 0 Å². The number of aryl methyl sites for hydroxylation is 1. The number of anilines is 1. The standard InChI is InChI=1S/C21H23NO2/c1-3-4-12-19(23)21(14-16-9-7-8-15(2)13-16)17-10-5-6-11-18(17)22-20(21)24/h5-11,13H,3-4,12,14H2,1-2H3,(H,22,24). The smallest absolute Gasteiger partial charge is 0.243 e. The van der Waals surface area contributed by atoms with Crippen molar-refractivity contribution in [2.24, 2.45) is 0 Å². The van der Waals surface area contributed by atoms with Gasteiger partial charge in [-0.2, -0.15) is 0 Å². The van der Waals surface area contributed by atoms with E-state index in [9.17, 15) is 9.59 Å². The Bertz CT molecular complexity index is 781. The van der Waals surface area contributed by atoms with Gasteiger partial charge in [0.1, 0.15) is 5.41 Å². The number of amides is 1. The molecule has 1 aliphatic heterocycles. The largest absolute Gasteiger partial charge is 0.325 e. The lowest BCUT2D eigenvalue weighted by atomic mass is 9.71. The number of rotatable bonds is 6. The summed E-state index contributed by atoms with van der Waals surface area (Å²) in [6.07, 6.45) is 2.60. The third-order valence-electron chi connectivity index (χ3n) is 4.81. The van der Waals surface area contributed by atoms with Crippen LogP contribution in [0.1, 0.15) is 42.9 Å². The molecule has 3 nitrogen and oxygen atoms in total. The molecule has 1 amide bonds. The number of carbonyl (C=O) groups is 2. The summed E-state index contributed by atoms with van der Waals surface area (Å²) in [5.74, 6) is -0.167. The van der Waals surface area contributed by atoms with Crippen molar-refractivity contribution in [3.05, 3.63) is 65.2 Å². The zero-order valence-electron chi connectivity index (χ0n) is 14.3. The van der Waals surface area contributed by atoms with Gasteiger partial charge >= 0.3 is 0 Å². The van der Waals surface area contributed by atoms with Crippen LogP contribution >= 0.6 is 0 Å². The first kappa shape index (κ1) is 16.4. The number of unbranched alkanes of at least 4 members (excludes halogenated alkanes) is 1. The summed E-state index contributed by atoms with van der Waals surface area (Å²) in [5, 5.41) is 2.92. The Labute approximate surface area is 143 Å². The fourth-order valence-electron chi connectivity index (χ4n) is 3.55. The number of benzene rings is 2. The highest BCUT2D eigenvalue weighted by Crippen LogP contribution is 2.42. The molecule has 1 N–H and O–H groups in total. The third-order valence-corrected chi connectivity index (χ3v) is 4.81. The van der Waals surface area contributed by atoms with Crippen molar-refractivity contribution in [2.45, 2.75) is 44.9 Å². The topological polar surface area (TPSA) is 46.2 Å². The van der Waals surface area contributed by atoms with Crippen LogP contribution < -0.4 is 5.32 Å². The molecule has 1 heterocycles. The van der Waals surface area contributed by atoms with Gasteiger partial charge in [-0.1, -0.05) is 61.4 Å². The number of para-hydroxylation sites is 1. The predicted octanol–water partition coefficient (Wildman–Crippen LogP) is 4.19. The van der Waals surface area contributed by atoms with Gasteiger partial charge in [0.25, 0.3) is 0 Å². The summed E-state index contributed by atoms with van der Waals surface area (Å²) in [4.78, 5) is 26.0. The van der Waals surface area contributed by atoms with Crippen LogP contribution in [-0.2, 0) is 21.4 Å². The number of fused-ring (bicyclic) bond motifs is 1. The summed E-state index contributed by atoms with van der Waals surface area (Å²) in [7, 11) is 0. The molecule has 1 aliphatic rings. The summed E-state index contributed by atoms with van der Waals surface area (Å²) in [5.41, 5.74) is 2.64. The highest BCUT2D eigenvalue weighted by molar-refractivity contribution is 6.21. The average Bonchev–Trinajstić information content (AvgIpc) is 2.85. The molecule has 1 unspecified atom stereocenters. The SMILES string of the molecule is CCCCC(=O)C1(Cc2cccc(C)c2)C(=O)Nc2ccccc21. The number of carbonyl (C=O) groups excluding carboxylic acids is 2. The molecule has 1 atom stereocenters. The Morgan fingerprint density at radius 2 is 1.92 bits per heavy atom. The van der Waals surface area contributed by atoms with Gasteiger partial charge in [-0.3, -0.25) is 9.59 Å². The molecule has 0 aromatic heterocycles. The maximum Gasteiger partial charge on any atom is 0.243 e. The van der Waals surface area contributed by atoms with Crippen LogP contribution in [-0.4, -0.2) is 11.7 Å². The van der Waals surface area contributed by atoms with E-state index < -0.39 is 5.41 Å². The first-order chi connectivity index (χ1) is 11.6. The minimum absolute atomic E-state index is 0.0216. The lowest BCUT2D eigenvalue weighted by Crippen LogP contribution is -2.44. The Morgan fingerprint density at radius 3 is 2.67 bits per heavy atom. The second-order valence-electron chi connectivity index (χ2n) is 6.60. The van der Waals surface area contributed by atoms with E-state index in [2.05, 4.69) is 18.3 Å². The maximum atomic E-state index is 13.1. The normalized spacial score (nSPS) is 19.0. The summed E-state index contributed by atoms with van der Waals surface area (Å²) in [6.45, 7) is 4.08. The van der Waals surface area contributed by atoms with Crippen molar-refractivity contribution in [2.75, 3.05) is 5.32 Å². The van der Waals surface area contributed by atoms with E-state index in [1.807, 2.05) is 49.4 Å². The van der Waals surface area contributed by atoms with Gasteiger partial charge in [0, 0.05) is 12.1 Å². The van der Waals surface area contributed by atoms with Crippen LogP contribution in [0.4, 0.5) is 5.69 Å². The fraction of sp³-hybridized carbons (Fsp3) is 0.333. The van der Waals surface area contributed by atoms with Crippen LogP contribution in [0.25, 0.3) is 0 Å². The Balaban J connectivity index is 2.08. The minimum atomic E-state index is -1.10. The van der Waals surface area contributed by atoms with E-state index in [4.69, 9.17) is 0 Å². The van der Waals surface area contributed by atoms with Crippen molar-refractivity contribution in [1.29, 1.82) is 0 Å². The maximum absolute atomic E-state index is 13.1. The lowest BCUT2D eigenvalue weighted by Gasteiger charge is -2.26. The van der Waals surface area contributed by atoms with Crippen molar-refractivity contribution >= 4 is 17.4 Å². The molecule has 0 fully saturated rings. The first-order valence-corrected chi connectivity index (χ1v) is 8.57. The third kappa shape index (κ3) is 2.75. The quantitative estimate of drug-likeness (QED) is 0.811. The molecule has 24 heavy (non-hydrogen) atoms. The van der Waals surface area contributed by atoms with Crippen LogP contribution in [0.15, 0.2) is 48.5 Å². The van der Waals surface area contributed by atoms with E-state index in [0.717, 1.165) is 35.2 Å². The van der Waals surface area contributed by atoms with Crippen LogP contribution in [0.2, 0.25) is 0 Å². The molecular formula is C21H23NO2. The zero-order valence-corrected chi connectivity index (χ0v) is 14.3. The van der Waals surface area contributed by atoms with E-state index in [1.54, 1.807) is 0 Å². The van der Waals surface area contributed by atoms with Crippen LogP contribution in [0, 0.1) is 6.92 Å². The molecule has 2 aromatic rings. The molecule has 124 valence electrons. The van der Waals surface area contributed by atoms with Crippen molar-refractivity contribution < 1.29 is 9.59 Å². The number of nitrogens with one attached hydrogen (secondary N) is 1. The number of hydrogen-bond acceptors (Lipinski definition) is 2. The van der Waals surface area contributed by atoms with Gasteiger partial charge in [0.2, 0.25) is 5.91 Å². The molecule has 0 saturated carbocycles. The number of Topliss-reactive ketones (excluding diaryl/α,β-unsaturated/α-hetero) is 1. The molecule has 0 spiro atoms. The van der Waals surface area contributed by atoms with E-state index in [0.29, 0.717) is 12.8 Å². The monoisotopic (exact) mass is 321 g/mol. The lowest BCUT2D eigenvalue weighted by molar-refractivity contribution is -0.133. The van der Waals surface area contributed by atoms with E-state index in [1.165, 1.54) is 0 Å². The molecular weight excluding hydrogens is 298 g/mol. The van der Waals surface area contributed by atoms with Gasteiger partial charge in [0.05, 0.1) is 0 Å². The van der Waals surface area contributed by atoms with E-state index >= 15 is 0 Å². The van der Waals surface area contributed by atoms with Crippen LogP contribution in [0.5, 0.6) is 0 Å². The number of hydrogen-bond donors (Lipinski definition) is 1. The molecule has 2 aromatic carbocycles. The van der Waals surface area contributed by atoms with Crippen molar-refractivity contribution in [1.82, 2.24) is 0 Å². The fourth-order valence-corrected chi connectivity index (χ4v) is 3.55. The average molecular weight is 321 g/mol. The molecule has 3 heteroatoms.